The van der Waals surface area contributed by atoms with Gasteiger partial charge in [0.1, 0.15) is 5.69 Å². The molecule has 0 saturated heterocycles. The zero-order valence-corrected chi connectivity index (χ0v) is 15.6. The molecule has 10 heteroatoms. The van der Waals surface area contributed by atoms with Gasteiger partial charge >= 0.3 is 0 Å². The van der Waals surface area contributed by atoms with E-state index in [0.29, 0.717) is 10.4 Å². The van der Waals surface area contributed by atoms with E-state index in [9.17, 15) is 8.42 Å². The molecule has 2 aromatic heterocycles. The third kappa shape index (κ3) is 3.33. The van der Waals surface area contributed by atoms with E-state index in [2.05, 4.69) is 52.0 Å². The average molecular weight is 460 g/mol. The van der Waals surface area contributed by atoms with Crippen LogP contribution in [0.5, 0.6) is 0 Å². The largest absolute Gasteiger partial charge is 0.415 e. The van der Waals surface area contributed by atoms with Gasteiger partial charge in [-0.05, 0) is 44.0 Å². The van der Waals surface area contributed by atoms with Crippen molar-refractivity contribution in [1.82, 2.24) is 20.2 Å². The first kappa shape index (κ1) is 16.2. The van der Waals surface area contributed by atoms with Crippen molar-refractivity contribution >= 4 is 41.7 Å². The van der Waals surface area contributed by atoms with E-state index in [0.717, 1.165) is 16.3 Å². The molecular weight excluding hydrogens is 452 g/mol. The van der Waals surface area contributed by atoms with Gasteiger partial charge in [0.25, 0.3) is 5.89 Å². The van der Waals surface area contributed by atoms with Crippen LogP contribution in [0.1, 0.15) is 0 Å². The van der Waals surface area contributed by atoms with Gasteiger partial charge in [0.05, 0.1) is 10.0 Å². The molecular formula is C13H8Br2N4O3S. The van der Waals surface area contributed by atoms with Crippen LogP contribution in [0, 0.1) is 0 Å². The van der Waals surface area contributed by atoms with Crippen LogP contribution in [0.3, 0.4) is 0 Å². The lowest BCUT2D eigenvalue weighted by Crippen LogP contribution is -2.05. The van der Waals surface area contributed by atoms with Crippen molar-refractivity contribution in [3.05, 3.63) is 39.4 Å². The number of halogens is 2. The third-order valence-electron chi connectivity index (χ3n) is 2.79. The summed E-state index contributed by atoms with van der Waals surface area (Å²) in [6.07, 6.45) is 2.36. The molecule has 3 rings (SSSR count). The minimum Gasteiger partial charge on any atom is -0.415 e. The van der Waals surface area contributed by atoms with E-state index in [1.54, 1.807) is 0 Å². The summed E-state index contributed by atoms with van der Waals surface area (Å²) in [7, 11) is -3.54. The monoisotopic (exact) mass is 458 g/mol. The molecule has 3 aromatic rings. The number of rotatable bonds is 3. The predicted octanol–water partition coefficient (Wildman–Crippen LogP) is 3.12. The van der Waals surface area contributed by atoms with E-state index in [1.807, 2.05) is 24.3 Å². The Kier molecular flexibility index (Phi) is 4.30. The van der Waals surface area contributed by atoms with Crippen molar-refractivity contribution in [2.45, 2.75) is 5.16 Å². The minimum absolute atomic E-state index is 0.0925. The van der Waals surface area contributed by atoms with E-state index >= 15 is 0 Å². The SMILES string of the molecule is CS(=O)(=O)c1ncc(Br)c(-c2nnc(-c3ccccc3Br)o2)n1. The molecule has 0 amide bonds. The van der Waals surface area contributed by atoms with Crippen LogP contribution in [-0.4, -0.2) is 34.8 Å². The maximum Gasteiger partial charge on any atom is 0.267 e. The van der Waals surface area contributed by atoms with Crippen LogP contribution >= 0.6 is 31.9 Å². The standard InChI is InChI=1S/C13H8Br2N4O3S/c1-23(20,21)13-16-6-9(15)10(17-13)12-19-18-11(22-12)7-4-2-3-5-8(7)14/h2-6H,1H3. The van der Waals surface area contributed by atoms with Crippen LogP contribution < -0.4 is 0 Å². The molecule has 0 aliphatic carbocycles. The fourth-order valence-electron chi connectivity index (χ4n) is 1.74. The molecule has 0 fully saturated rings. The second-order valence-corrected chi connectivity index (χ2v) is 8.13. The molecule has 0 spiro atoms. The Morgan fingerprint density at radius 2 is 1.74 bits per heavy atom. The molecule has 0 bridgehead atoms. The number of nitrogens with zero attached hydrogens (tertiary/aromatic N) is 4. The summed E-state index contributed by atoms with van der Waals surface area (Å²) in [5.41, 5.74) is 0.936. The molecule has 1 aromatic carbocycles. The summed E-state index contributed by atoms with van der Waals surface area (Å²) < 4.78 is 30.0. The Morgan fingerprint density at radius 1 is 1.04 bits per heavy atom. The molecule has 0 saturated carbocycles. The molecule has 0 N–H and O–H groups in total. The van der Waals surface area contributed by atoms with Crippen molar-refractivity contribution in [3.63, 3.8) is 0 Å². The third-order valence-corrected chi connectivity index (χ3v) is 4.92. The molecule has 0 aliphatic rings. The summed E-state index contributed by atoms with van der Waals surface area (Å²) in [4.78, 5) is 7.76. The number of aromatic nitrogens is 4. The highest BCUT2D eigenvalue weighted by Gasteiger charge is 2.20. The summed E-state index contributed by atoms with van der Waals surface area (Å²) >= 11 is 6.67. The van der Waals surface area contributed by atoms with E-state index in [4.69, 9.17) is 4.42 Å². The first-order chi connectivity index (χ1) is 10.9. The maximum atomic E-state index is 11.6. The highest BCUT2D eigenvalue weighted by molar-refractivity contribution is 9.11. The van der Waals surface area contributed by atoms with Gasteiger partial charge in [-0.1, -0.05) is 12.1 Å². The zero-order chi connectivity index (χ0) is 16.6. The van der Waals surface area contributed by atoms with Crippen LogP contribution in [0.15, 0.2) is 49.0 Å². The smallest absolute Gasteiger partial charge is 0.267 e. The highest BCUT2D eigenvalue weighted by atomic mass is 79.9. The molecule has 0 atom stereocenters. The Balaban J connectivity index is 2.09. The van der Waals surface area contributed by atoms with Crippen molar-refractivity contribution in [2.24, 2.45) is 0 Å². The Labute approximate surface area is 148 Å². The number of sulfone groups is 1. The Bertz CT molecular complexity index is 988. The predicted molar refractivity (Wildman–Crippen MR) is 89.3 cm³/mol. The molecule has 0 unspecified atom stereocenters. The number of hydrogen-bond acceptors (Lipinski definition) is 7. The van der Waals surface area contributed by atoms with Gasteiger partial charge in [-0.2, -0.15) is 0 Å². The second kappa shape index (κ2) is 6.10. The van der Waals surface area contributed by atoms with Gasteiger partial charge in [-0.15, -0.1) is 10.2 Å². The highest BCUT2D eigenvalue weighted by Crippen LogP contribution is 2.31. The molecule has 2 heterocycles. The summed E-state index contributed by atoms with van der Waals surface area (Å²) in [6, 6.07) is 7.37. The lowest BCUT2D eigenvalue weighted by atomic mass is 10.2. The van der Waals surface area contributed by atoms with Crippen LogP contribution in [0.2, 0.25) is 0 Å². The Morgan fingerprint density at radius 3 is 2.43 bits per heavy atom. The molecule has 0 aliphatic heterocycles. The first-order valence-corrected chi connectivity index (χ1v) is 9.65. The van der Waals surface area contributed by atoms with Crippen molar-refractivity contribution in [2.75, 3.05) is 6.26 Å². The summed E-state index contributed by atoms with van der Waals surface area (Å²) in [5, 5.41) is 7.61. The van der Waals surface area contributed by atoms with Crippen molar-refractivity contribution in [3.8, 4) is 23.0 Å². The topological polar surface area (TPSA) is 98.8 Å². The molecule has 23 heavy (non-hydrogen) atoms. The van der Waals surface area contributed by atoms with Crippen molar-refractivity contribution < 1.29 is 12.8 Å². The maximum absolute atomic E-state index is 11.6. The lowest BCUT2D eigenvalue weighted by molar-refractivity contribution is 0.577. The fourth-order valence-corrected chi connectivity index (χ4v) is 3.06. The van der Waals surface area contributed by atoms with Gasteiger partial charge in [-0.3, -0.25) is 0 Å². The quantitative estimate of drug-likeness (QED) is 0.554. The summed E-state index contributed by atoms with van der Waals surface area (Å²) in [5.74, 6) is 0.383. The molecule has 7 nitrogen and oxygen atoms in total. The lowest BCUT2D eigenvalue weighted by Gasteiger charge is -2.01. The van der Waals surface area contributed by atoms with E-state index in [1.165, 1.54) is 6.20 Å². The van der Waals surface area contributed by atoms with Crippen LogP contribution in [0.4, 0.5) is 0 Å². The zero-order valence-electron chi connectivity index (χ0n) is 11.6. The van der Waals surface area contributed by atoms with Gasteiger partial charge < -0.3 is 4.42 Å². The van der Waals surface area contributed by atoms with E-state index in [-0.39, 0.29) is 16.7 Å². The van der Waals surface area contributed by atoms with Gasteiger partial charge in [-0.25, -0.2) is 18.4 Å². The number of hydrogen-bond donors (Lipinski definition) is 0. The van der Waals surface area contributed by atoms with Crippen LogP contribution in [0.25, 0.3) is 23.0 Å². The fraction of sp³-hybridized carbons (Fsp3) is 0.0769. The average Bonchev–Trinajstić information content (AvgIpc) is 2.96. The van der Waals surface area contributed by atoms with Gasteiger partial charge in [0.2, 0.25) is 20.9 Å². The normalized spacial score (nSPS) is 11.6. The molecule has 118 valence electrons. The minimum atomic E-state index is -3.54. The molecule has 0 radical (unpaired) electrons. The van der Waals surface area contributed by atoms with Gasteiger partial charge in [0.15, 0.2) is 0 Å². The first-order valence-electron chi connectivity index (χ1n) is 6.17. The van der Waals surface area contributed by atoms with Crippen LogP contribution in [-0.2, 0) is 9.84 Å². The van der Waals surface area contributed by atoms with Gasteiger partial charge in [0, 0.05) is 16.9 Å². The van der Waals surface area contributed by atoms with E-state index < -0.39 is 9.84 Å². The summed E-state index contributed by atoms with van der Waals surface area (Å²) in [6.45, 7) is 0. The Hall–Kier alpha value is -1.65. The number of benzene rings is 1. The second-order valence-electron chi connectivity index (χ2n) is 4.51. The van der Waals surface area contributed by atoms with Crippen molar-refractivity contribution in [1.29, 1.82) is 0 Å².